The lowest BCUT2D eigenvalue weighted by Gasteiger charge is -2.19. The normalized spacial score (nSPS) is 14.2. The van der Waals surface area contributed by atoms with E-state index in [1.807, 2.05) is 68.7 Å². The highest BCUT2D eigenvalue weighted by Gasteiger charge is 2.18. The van der Waals surface area contributed by atoms with E-state index in [0.29, 0.717) is 0 Å². The van der Waals surface area contributed by atoms with Crippen molar-refractivity contribution < 1.29 is 5.11 Å². The van der Waals surface area contributed by atoms with E-state index in [0.717, 1.165) is 16.8 Å². The Kier molecular flexibility index (Phi) is 4.26. The number of benzene rings is 2. The standard InChI is InChI=1S/C18H21NO/c1-18(20,16-7-5-4-6-8-16)14-13-15-9-11-17(12-10-15)19(2)3/h4-14,20H,1-3H3/b14-13+/t18-/m1/s1. The van der Waals surface area contributed by atoms with Crippen LogP contribution in [0.5, 0.6) is 0 Å². The Bertz CT molecular complexity index is 568. The van der Waals surface area contributed by atoms with Gasteiger partial charge in [0.25, 0.3) is 0 Å². The maximum Gasteiger partial charge on any atom is 0.105 e. The Morgan fingerprint density at radius 2 is 1.55 bits per heavy atom. The van der Waals surface area contributed by atoms with Gasteiger partial charge in [0.15, 0.2) is 0 Å². The van der Waals surface area contributed by atoms with Crippen molar-refractivity contribution in [3.63, 3.8) is 0 Å². The molecule has 0 saturated heterocycles. The smallest absolute Gasteiger partial charge is 0.105 e. The fourth-order valence-corrected chi connectivity index (χ4v) is 2.01. The summed E-state index contributed by atoms with van der Waals surface area (Å²) < 4.78 is 0. The summed E-state index contributed by atoms with van der Waals surface area (Å²) in [5.74, 6) is 0. The Hall–Kier alpha value is -2.06. The summed E-state index contributed by atoms with van der Waals surface area (Å²) in [5, 5.41) is 10.5. The molecule has 0 unspecified atom stereocenters. The van der Waals surface area contributed by atoms with Gasteiger partial charge in [-0.1, -0.05) is 48.5 Å². The molecule has 2 nitrogen and oxygen atoms in total. The minimum absolute atomic E-state index is 0.890. The molecule has 0 amide bonds. The van der Waals surface area contributed by atoms with E-state index >= 15 is 0 Å². The fourth-order valence-electron chi connectivity index (χ4n) is 2.01. The maximum absolute atomic E-state index is 10.5. The van der Waals surface area contributed by atoms with Gasteiger partial charge in [-0.05, 0) is 36.3 Å². The molecule has 2 aromatic carbocycles. The van der Waals surface area contributed by atoms with Crippen molar-refractivity contribution in [1.29, 1.82) is 0 Å². The van der Waals surface area contributed by atoms with Crippen molar-refractivity contribution in [1.82, 2.24) is 0 Å². The van der Waals surface area contributed by atoms with Gasteiger partial charge >= 0.3 is 0 Å². The highest BCUT2D eigenvalue weighted by Crippen LogP contribution is 2.23. The molecule has 2 heteroatoms. The minimum atomic E-state index is -0.957. The summed E-state index contributed by atoms with van der Waals surface area (Å²) in [6.45, 7) is 1.80. The molecule has 104 valence electrons. The first-order valence-corrected chi connectivity index (χ1v) is 6.73. The first kappa shape index (κ1) is 14.4. The third-order valence-corrected chi connectivity index (χ3v) is 3.37. The molecule has 0 aliphatic heterocycles. The van der Waals surface area contributed by atoms with Gasteiger partial charge in [0.2, 0.25) is 0 Å². The first-order valence-electron chi connectivity index (χ1n) is 6.73. The Morgan fingerprint density at radius 1 is 0.950 bits per heavy atom. The predicted molar refractivity (Wildman–Crippen MR) is 85.8 cm³/mol. The zero-order chi connectivity index (χ0) is 14.6. The van der Waals surface area contributed by atoms with Gasteiger partial charge in [-0.3, -0.25) is 0 Å². The van der Waals surface area contributed by atoms with E-state index in [4.69, 9.17) is 0 Å². The lowest BCUT2D eigenvalue weighted by Crippen LogP contribution is -2.17. The SMILES string of the molecule is CN(C)c1ccc(/C=C/[C@@](C)(O)c2ccccc2)cc1. The van der Waals surface area contributed by atoms with Gasteiger partial charge in [-0.25, -0.2) is 0 Å². The molecule has 0 fully saturated rings. The molecule has 0 aliphatic rings. The van der Waals surface area contributed by atoms with E-state index in [1.54, 1.807) is 6.92 Å². The number of rotatable bonds is 4. The molecule has 0 heterocycles. The van der Waals surface area contributed by atoms with Crippen LogP contribution in [-0.4, -0.2) is 19.2 Å². The Morgan fingerprint density at radius 3 is 2.10 bits per heavy atom. The van der Waals surface area contributed by atoms with Gasteiger partial charge < -0.3 is 10.0 Å². The first-order chi connectivity index (χ1) is 9.49. The van der Waals surface area contributed by atoms with Crippen LogP contribution in [0.4, 0.5) is 5.69 Å². The number of anilines is 1. The molecule has 1 atom stereocenters. The molecule has 1 N–H and O–H groups in total. The third-order valence-electron chi connectivity index (χ3n) is 3.37. The molecule has 0 aromatic heterocycles. The molecular weight excluding hydrogens is 246 g/mol. The van der Waals surface area contributed by atoms with Gasteiger partial charge in [0, 0.05) is 19.8 Å². The van der Waals surface area contributed by atoms with E-state index in [9.17, 15) is 5.11 Å². The van der Waals surface area contributed by atoms with Crippen LogP contribution in [0.25, 0.3) is 6.08 Å². The summed E-state index contributed by atoms with van der Waals surface area (Å²) in [5.41, 5.74) is 2.17. The van der Waals surface area contributed by atoms with Crippen LogP contribution < -0.4 is 4.90 Å². The molecule has 0 spiro atoms. The molecular formula is C18H21NO. The highest BCUT2D eigenvalue weighted by atomic mass is 16.3. The monoisotopic (exact) mass is 267 g/mol. The average molecular weight is 267 g/mol. The fraction of sp³-hybridized carbons (Fsp3) is 0.222. The zero-order valence-corrected chi connectivity index (χ0v) is 12.2. The number of hydrogen-bond acceptors (Lipinski definition) is 2. The van der Waals surface area contributed by atoms with E-state index in [2.05, 4.69) is 17.0 Å². The molecule has 0 aliphatic carbocycles. The van der Waals surface area contributed by atoms with Crippen LogP contribution in [0, 0.1) is 0 Å². The van der Waals surface area contributed by atoms with Gasteiger partial charge in [0.1, 0.15) is 5.60 Å². The largest absolute Gasteiger partial charge is 0.381 e. The van der Waals surface area contributed by atoms with Crippen molar-refractivity contribution in [2.75, 3.05) is 19.0 Å². The van der Waals surface area contributed by atoms with E-state index < -0.39 is 5.60 Å². The third kappa shape index (κ3) is 3.49. The molecule has 2 rings (SSSR count). The predicted octanol–water partition coefficient (Wildman–Crippen LogP) is 3.67. The second-order valence-electron chi connectivity index (χ2n) is 5.33. The van der Waals surface area contributed by atoms with Crippen molar-refractivity contribution in [3.8, 4) is 0 Å². The van der Waals surface area contributed by atoms with Crippen LogP contribution in [0.15, 0.2) is 60.7 Å². The highest BCUT2D eigenvalue weighted by molar-refractivity contribution is 5.56. The molecule has 20 heavy (non-hydrogen) atoms. The summed E-state index contributed by atoms with van der Waals surface area (Å²) in [6.07, 6.45) is 3.78. The van der Waals surface area contributed by atoms with Gasteiger partial charge in [0.05, 0.1) is 0 Å². The van der Waals surface area contributed by atoms with Gasteiger partial charge in [-0.15, -0.1) is 0 Å². The lowest BCUT2D eigenvalue weighted by molar-refractivity contribution is 0.112. The van der Waals surface area contributed by atoms with Crippen LogP contribution >= 0.6 is 0 Å². The molecule has 2 aromatic rings. The van der Waals surface area contributed by atoms with Crippen molar-refractivity contribution in [2.45, 2.75) is 12.5 Å². The average Bonchev–Trinajstić information content (AvgIpc) is 2.46. The van der Waals surface area contributed by atoms with Crippen LogP contribution in [0.3, 0.4) is 0 Å². The van der Waals surface area contributed by atoms with E-state index in [1.165, 1.54) is 0 Å². The van der Waals surface area contributed by atoms with Crippen molar-refractivity contribution in [3.05, 3.63) is 71.8 Å². The second kappa shape index (κ2) is 5.93. The summed E-state index contributed by atoms with van der Waals surface area (Å²) in [7, 11) is 4.04. The molecule has 0 saturated carbocycles. The number of hydrogen-bond donors (Lipinski definition) is 1. The number of nitrogens with zero attached hydrogens (tertiary/aromatic N) is 1. The van der Waals surface area contributed by atoms with Crippen molar-refractivity contribution in [2.24, 2.45) is 0 Å². The molecule has 0 radical (unpaired) electrons. The Labute approximate surface area is 121 Å². The van der Waals surface area contributed by atoms with Crippen LogP contribution in [0.1, 0.15) is 18.1 Å². The minimum Gasteiger partial charge on any atom is -0.381 e. The van der Waals surface area contributed by atoms with E-state index in [-0.39, 0.29) is 0 Å². The Balaban J connectivity index is 2.16. The molecule has 0 bridgehead atoms. The lowest BCUT2D eigenvalue weighted by atomic mass is 9.95. The summed E-state index contributed by atoms with van der Waals surface area (Å²) in [6, 6.07) is 17.9. The van der Waals surface area contributed by atoms with Crippen LogP contribution in [-0.2, 0) is 5.60 Å². The summed E-state index contributed by atoms with van der Waals surface area (Å²) in [4.78, 5) is 2.06. The topological polar surface area (TPSA) is 23.5 Å². The quantitative estimate of drug-likeness (QED) is 0.913. The van der Waals surface area contributed by atoms with Crippen LogP contribution in [0.2, 0.25) is 0 Å². The van der Waals surface area contributed by atoms with Gasteiger partial charge in [-0.2, -0.15) is 0 Å². The number of aliphatic hydroxyl groups is 1. The summed E-state index contributed by atoms with van der Waals surface area (Å²) >= 11 is 0. The van der Waals surface area contributed by atoms with Crippen molar-refractivity contribution >= 4 is 11.8 Å². The maximum atomic E-state index is 10.5. The second-order valence-corrected chi connectivity index (χ2v) is 5.33. The zero-order valence-electron chi connectivity index (χ0n) is 12.2.